The first kappa shape index (κ1) is 13.6. The summed E-state index contributed by atoms with van der Waals surface area (Å²) in [4.78, 5) is 11.6. The number of carbonyl (C=O) groups is 1. The molecule has 3 heteroatoms. The Morgan fingerprint density at radius 2 is 1.75 bits per heavy atom. The SMILES string of the molecule is Cc1ccc(C=CC(=O)Oc2ccc(C#N)cc2)cc1. The van der Waals surface area contributed by atoms with Crippen LogP contribution in [0, 0.1) is 18.3 Å². The molecule has 2 rings (SSSR count). The van der Waals surface area contributed by atoms with Crippen LogP contribution in [0.3, 0.4) is 0 Å². The Kier molecular flexibility index (Phi) is 4.31. The molecule has 0 aliphatic rings. The Hall–Kier alpha value is -2.86. The third kappa shape index (κ3) is 3.82. The molecule has 20 heavy (non-hydrogen) atoms. The number of rotatable bonds is 3. The van der Waals surface area contributed by atoms with E-state index in [9.17, 15) is 4.79 Å². The standard InChI is InChI=1S/C17H13NO2/c1-13-2-4-14(5-3-13)8-11-17(19)20-16-9-6-15(12-18)7-10-16/h2-11H,1H3. The Morgan fingerprint density at radius 1 is 1.10 bits per heavy atom. The predicted molar refractivity (Wildman–Crippen MR) is 77.0 cm³/mol. The van der Waals surface area contributed by atoms with Crippen LogP contribution in [0.5, 0.6) is 5.75 Å². The van der Waals surface area contributed by atoms with Crippen molar-refractivity contribution in [2.45, 2.75) is 6.92 Å². The average molecular weight is 263 g/mol. The van der Waals surface area contributed by atoms with Gasteiger partial charge < -0.3 is 4.74 Å². The molecular weight excluding hydrogens is 250 g/mol. The number of aryl methyl sites for hydroxylation is 1. The lowest BCUT2D eigenvalue weighted by Gasteiger charge is -2.00. The Balaban J connectivity index is 1.98. The van der Waals surface area contributed by atoms with E-state index < -0.39 is 5.97 Å². The Labute approximate surface area is 117 Å². The molecule has 0 fully saturated rings. The second-order valence-electron chi connectivity index (χ2n) is 4.30. The van der Waals surface area contributed by atoms with Gasteiger partial charge >= 0.3 is 5.97 Å². The van der Waals surface area contributed by atoms with Gasteiger partial charge in [-0.3, -0.25) is 0 Å². The monoisotopic (exact) mass is 263 g/mol. The third-order valence-electron chi connectivity index (χ3n) is 2.69. The zero-order valence-corrected chi connectivity index (χ0v) is 11.0. The van der Waals surface area contributed by atoms with Gasteiger partial charge in [0.1, 0.15) is 5.75 Å². The highest BCUT2D eigenvalue weighted by atomic mass is 16.5. The summed E-state index contributed by atoms with van der Waals surface area (Å²) in [5.41, 5.74) is 2.63. The summed E-state index contributed by atoms with van der Waals surface area (Å²) < 4.78 is 5.12. The van der Waals surface area contributed by atoms with E-state index in [-0.39, 0.29) is 0 Å². The summed E-state index contributed by atoms with van der Waals surface area (Å²) in [6, 6.07) is 16.2. The van der Waals surface area contributed by atoms with E-state index in [2.05, 4.69) is 0 Å². The molecule has 0 heterocycles. The molecule has 0 saturated heterocycles. The average Bonchev–Trinajstić information content (AvgIpc) is 2.47. The largest absolute Gasteiger partial charge is 0.423 e. The molecule has 0 saturated carbocycles. The first-order chi connectivity index (χ1) is 9.67. The lowest BCUT2D eigenvalue weighted by atomic mass is 10.1. The fraction of sp³-hybridized carbons (Fsp3) is 0.0588. The second-order valence-corrected chi connectivity index (χ2v) is 4.30. The van der Waals surface area contributed by atoms with Crippen molar-refractivity contribution in [3.8, 4) is 11.8 Å². The van der Waals surface area contributed by atoms with Crippen LogP contribution in [0.1, 0.15) is 16.7 Å². The van der Waals surface area contributed by atoms with Crippen LogP contribution in [-0.2, 0) is 4.79 Å². The van der Waals surface area contributed by atoms with E-state index in [4.69, 9.17) is 10.00 Å². The molecule has 0 unspecified atom stereocenters. The summed E-state index contributed by atoms with van der Waals surface area (Å²) in [6.45, 7) is 2.01. The summed E-state index contributed by atoms with van der Waals surface area (Å²) >= 11 is 0. The Morgan fingerprint density at radius 3 is 2.35 bits per heavy atom. The summed E-state index contributed by atoms with van der Waals surface area (Å²) in [5.74, 6) is -0.0298. The number of nitrogens with zero attached hydrogens (tertiary/aromatic N) is 1. The lowest BCUT2D eigenvalue weighted by Crippen LogP contribution is -2.03. The number of carbonyl (C=O) groups excluding carboxylic acids is 1. The fourth-order valence-electron chi connectivity index (χ4n) is 1.59. The third-order valence-corrected chi connectivity index (χ3v) is 2.69. The molecule has 0 radical (unpaired) electrons. The molecule has 0 aromatic heterocycles. The van der Waals surface area contributed by atoms with Gasteiger partial charge in [-0.25, -0.2) is 4.79 Å². The molecule has 0 atom stereocenters. The van der Waals surface area contributed by atoms with E-state index in [0.717, 1.165) is 5.56 Å². The van der Waals surface area contributed by atoms with Crippen molar-refractivity contribution >= 4 is 12.0 Å². The van der Waals surface area contributed by atoms with Gasteiger partial charge in [-0.2, -0.15) is 5.26 Å². The fourth-order valence-corrected chi connectivity index (χ4v) is 1.59. The number of benzene rings is 2. The number of esters is 1. The van der Waals surface area contributed by atoms with E-state index in [1.54, 1.807) is 30.3 Å². The first-order valence-corrected chi connectivity index (χ1v) is 6.14. The quantitative estimate of drug-likeness (QED) is 0.484. The molecule has 0 N–H and O–H groups in total. The van der Waals surface area contributed by atoms with Crippen molar-refractivity contribution in [2.24, 2.45) is 0 Å². The highest BCUT2D eigenvalue weighted by Gasteiger charge is 2.00. The minimum atomic E-state index is -0.449. The summed E-state index contributed by atoms with van der Waals surface area (Å²) in [7, 11) is 0. The van der Waals surface area contributed by atoms with Crippen LogP contribution in [0.25, 0.3) is 6.08 Å². The van der Waals surface area contributed by atoms with Gasteiger partial charge in [0, 0.05) is 6.08 Å². The molecular formula is C17H13NO2. The lowest BCUT2D eigenvalue weighted by molar-refractivity contribution is -0.128. The normalized spacial score (nSPS) is 10.2. The number of hydrogen-bond acceptors (Lipinski definition) is 3. The van der Waals surface area contributed by atoms with Crippen LogP contribution < -0.4 is 4.74 Å². The Bertz CT molecular complexity index is 662. The van der Waals surface area contributed by atoms with Gasteiger partial charge in [0.05, 0.1) is 11.6 Å². The van der Waals surface area contributed by atoms with Gasteiger partial charge in [-0.15, -0.1) is 0 Å². The van der Waals surface area contributed by atoms with Crippen molar-refractivity contribution in [1.29, 1.82) is 5.26 Å². The molecule has 98 valence electrons. The maximum atomic E-state index is 11.6. The van der Waals surface area contributed by atoms with Gasteiger partial charge in [0.25, 0.3) is 0 Å². The molecule has 2 aromatic carbocycles. The van der Waals surface area contributed by atoms with E-state index in [1.165, 1.54) is 11.6 Å². The minimum Gasteiger partial charge on any atom is -0.423 e. The molecule has 3 nitrogen and oxygen atoms in total. The highest BCUT2D eigenvalue weighted by molar-refractivity contribution is 5.88. The number of ether oxygens (including phenoxy) is 1. The molecule has 0 aliphatic heterocycles. The van der Waals surface area contributed by atoms with Crippen molar-refractivity contribution in [2.75, 3.05) is 0 Å². The first-order valence-electron chi connectivity index (χ1n) is 6.14. The van der Waals surface area contributed by atoms with Crippen LogP contribution in [0.2, 0.25) is 0 Å². The van der Waals surface area contributed by atoms with Gasteiger partial charge in [-0.05, 0) is 42.8 Å². The zero-order valence-electron chi connectivity index (χ0n) is 11.0. The molecule has 0 bridgehead atoms. The highest BCUT2D eigenvalue weighted by Crippen LogP contribution is 2.12. The van der Waals surface area contributed by atoms with Crippen molar-refractivity contribution < 1.29 is 9.53 Å². The summed E-state index contributed by atoms with van der Waals surface area (Å²) in [5, 5.41) is 8.67. The topological polar surface area (TPSA) is 50.1 Å². The van der Waals surface area contributed by atoms with E-state index >= 15 is 0 Å². The van der Waals surface area contributed by atoms with E-state index in [0.29, 0.717) is 11.3 Å². The van der Waals surface area contributed by atoms with Crippen LogP contribution in [0.15, 0.2) is 54.6 Å². The number of nitriles is 1. The van der Waals surface area contributed by atoms with Crippen LogP contribution in [0.4, 0.5) is 0 Å². The maximum Gasteiger partial charge on any atom is 0.336 e. The molecule has 2 aromatic rings. The van der Waals surface area contributed by atoms with Crippen molar-refractivity contribution in [1.82, 2.24) is 0 Å². The van der Waals surface area contributed by atoms with Gasteiger partial charge in [0.2, 0.25) is 0 Å². The van der Waals surface area contributed by atoms with Crippen molar-refractivity contribution in [3.05, 3.63) is 71.3 Å². The van der Waals surface area contributed by atoms with Crippen LogP contribution >= 0.6 is 0 Å². The van der Waals surface area contributed by atoms with Crippen LogP contribution in [-0.4, -0.2) is 5.97 Å². The summed E-state index contributed by atoms with van der Waals surface area (Å²) in [6.07, 6.45) is 3.08. The molecule has 0 aliphatic carbocycles. The smallest absolute Gasteiger partial charge is 0.336 e. The van der Waals surface area contributed by atoms with Gasteiger partial charge in [-0.1, -0.05) is 29.8 Å². The zero-order chi connectivity index (χ0) is 14.4. The molecule has 0 amide bonds. The second kappa shape index (κ2) is 6.35. The number of hydrogen-bond donors (Lipinski definition) is 0. The minimum absolute atomic E-state index is 0.419. The van der Waals surface area contributed by atoms with Crippen molar-refractivity contribution in [3.63, 3.8) is 0 Å². The van der Waals surface area contributed by atoms with E-state index in [1.807, 2.05) is 37.3 Å². The van der Waals surface area contributed by atoms with Gasteiger partial charge in [0.15, 0.2) is 0 Å². The predicted octanol–water partition coefficient (Wildman–Crippen LogP) is 3.49. The maximum absolute atomic E-state index is 11.6. The molecule has 0 spiro atoms.